The zero-order chi connectivity index (χ0) is 51.1. The Morgan fingerprint density at radius 2 is 1.45 bits per heavy atom. The van der Waals surface area contributed by atoms with Gasteiger partial charge in [-0.05, 0) is 106 Å². The number of nitrogens with zero attached hydrogens (tertiary/aromatic N) is 6. The van der Waals surface area contributed by atoms with Gasteiger partial charge in [-0.3, -0.25) is 33.7 Å². The molecule has 2 bridgehead atoms. The van der Waals surface area contributed by atoms with Crippen molar-refractivity contribution in [2.75, 3.05) is 78.6 Å². The molecule has 3 aliphatic carbocycles. The number of benzene rings is 3. The summed E-state index contributed by atoms with van der Waals surface area (Å²) in [6.07, 6.45) is 11.2. The first kappa shape index (κ1) is 50.1. The smallest absolute Gasteiger partial charge is 0.272 e. The Labute approximate surface area is 430 Å². The fourth-order valence-corrected chi connectivity index (χ4v) is 13.1. The number of carbonyl (C=O) groups is 5. The summed E-state index contributed by atoms with van der Waals surface area (Å²) in [4.78, 5) is 91.2. The summed E-state index contributed by atoms with van der Waals surface area (Å²) in [5.74, 6) is -2.23. The van der Waals surface area contributed by atoms with Crippen molar-refractivity contribution in [3.05, 3.63) is 111 Å². The van der Waals surface area contributed by atoms with Crippen molar-refractivity contribution in [1.82, 2.24) is 40.0 Å². The molecule has 0 radical (unpaired) electrons. The number of hydrogen-bond donors (Lipinski definition) is 2. The summed E-state index contributed by atoms with van der Waals surface area (Å²) >= 11 is 0. The van der Waals surface area contributed by atoms with Crippen molar-refractivity contribution < 1.29 is 37.5 Å². The molecule has 0 spiro atoms. The van der Waals surface area contributed by atoms with E-state index >= 15 is 8.78 Å². The van der Waals surface area contributed by atoms with Gasteiger partial charge in [-0.25, -0.2) is 13.9 Å². The van der Waals surface area contributed by atoms with Gasteiger partial charge in [0.2, 0.25) is 17.7 Å². The Bertz CT molecular complexity index is 2840. The average molecular weight is 1020 g/mol. The lowest BCUT2D eigenvalue weighted by atomic mass is 9.65. The molecule has 3 saturated carbocycles. The second-order valence-corrected chi connectivity index (χ2v) is 22.4. The minimum Gasteiger partial charge on any atom is -0.373 e. The molecular formula is C57H68F2N8O7. The lowest BCUT2D eigenvalue weighted by Crippen LogP contribution is -2.64. The fraction of sp³-hybridized carbons (Fsp3) is 0.561. The number of aromatic nitrogens is 2. The molecule has 17 heteroatoms. The van der Waals surface area contributed by atoms with Crippen molar-refractivity contribution in [2.24, 2.45) is 17.3 Å². The van der Waals surface area contributed by atoms with Gasteiger partial charge in [0.15, 0.2) is 0 Å². The molecule has 2 atom stereocenters. The van der Waals surface area contributed by atoms with E-state index in [1.807, 2.05) is 26.8 Å². The number of aromatic amines is 1. The standard InChI is InChI=1S/C57H68F2N8O7/c58-46-18-15-37(33-47-42-11-4-5-12-43(42)51(69)62-61-47)32-45(46)53(71)64-28-30-66(31-29-64)55(73)56-19-21-57(22-20-56,74-36-56)35-63-24-26-65(27-25-63)54(72)49(38-8-2-1-3-9-38)60-50(68)44-14-6-13-41(48(44)59)40-10-7-23-67(34-40)52(70)39-16-17-39/h4-6,11-15,18,32,38-40,49H,1-3,7-10,16-17,19-31,33-36H2,(H,60,68)(H,62,69)/t40?,49-,56?,57?/m1/s1. The van der Waals surface area contributed by atoms with Crippen molar-refractivity contribution in [2.45, 2.75) is 107 Å². The molecule has 5 amide bonds. The van der Waals surface area contributed by atoms with Crippen LogP contribution in [0.25, 0.3) is 10.8 Å². The minimum atomic E-state index is -0.757. The van der Waals surface area contributed by atoms with Gasteiger partial charge in [-0.2, -0.15) is 5.10 Å². The van der Waals surface area contributed by atoms with Gasteiger partial charge in [0, 0.05) is 95.6 Å². The van der Waals surface area contributed by atoms with Crippen LogP contribution in [0.15, 0.2) is 65.5 Å². The van der Waals surface area contributed by atoms with Crippen LogP contribution < -0.4 is 10.9 Å². The number of ether oxygens (including phenoxy) is 1. The molecule has 8 aliphatic rings. The Morgan fingerprint density at radius 3 is 2.16 bits per heavy atom. The van der Waals surface area contributed by atoms with Crippen LogP contribution in [0, 0.1) is 28.9 Å². The van der Waals surface area contributed by atoms with E-state index in [4.69, 9.17) is 4.74 Å². The largest absolute Gasteiger partial charge is 0.373 e. The number of amides is 5. The van der Waals surface area contributed by atoms with Crippen LogP contribution in [0.5, 0.6) is 0 Å². The van der Waals surface area contributed by atoms with Gasteiger partial charge in [0.05, 0.1) is 39.8 Å². The summed E-state index contributed by atoms with van der Waals surface area (Å²) in [5.41, 5.74) is 0.337. The van der Waals surface area contributed by atoms with E-state index in [1.54, 1.807) is 41.3 Å². The molecule has 3 aromatic carbocycles. The van der Waals surface area contributed by atoms with Gasteiger partial charge in [0.25, 0.3) is 17.4 Å². The van der Waals surface area contributed by atoms with Gasteiger partial charge in [0.1, 0.15) is 17.7 Å². The molecule has 74 heavy (non-hydrogen) atoms. The highest BCUT2D eigenvalue weighted by Crippen LogP contribution is 2.50. The predicted molar refractivity (Wildman–Crippen MR) is 272 cm³/mol. The summed E-state index contributed by atoms with van der Waals surface area (Å²) < 4.78 is 38.3. The highest BCUT2D eigenvalue weighted by atomic mass is 19.1. The first-order valence-electron chi connectivity index (χ1n) is 27.2. The van der Waals surface area contributed by atoms with Gasteiger partial charge < -0.3 is 29.7 Å². The third-order valence-electron chi connectivity index (χ3n) is 17.7. The number of nitrogens with one attached hydrogen (secondary N) is 2. The SMILES string of the molecule is O=C(N[C@@H](C(=O)N1CCN(CC23CCC(C(=O)N4CCN(C(=O)c5cc(Cc6n[nH]c(=O)c7ccccc67)ccc5F)CC4)(CC2)CO3)CC1)C1CCCCC1)c1cccc(C2CCCN(C(=O)C3CC3)C2)c1F. The number of likely N-dealkylation sites (tertiary alicyclic amines) is 1. The zero-order valence-corrected chi connectivity index (χ0v) is 42.3. The number of rotatable bonds is 12. The zero-order valence-electron chi connectivity index (χ0n) is 42.3. The molecule has 2 N–H and O–H groups in total. The average Bonchev–Trinajstić information content (AvgIpc) is 4.30. The summed E-state index contributed by atoms with van der Waals surface area (Å²) in [5, 5.41) is 11.0. The quantitative estimate of drug-likeness (QED) is 0.172. The highest BCUT2D eigenvalue weighted by Gasteiger charge is 2.55. The van der Waals surface area contributed by atoms with Crippen LogP contribution in [0.1, 0.15) is 127 Å². The number of halogens is 2. The third kappa shape index (κ3) is 10.1. The molecule has 1 aromatic heterocycles. The van der Waals surface area contributed by atoms with Crippen LogP contribution in [0.2, 0.25) is 0 Å². The molecule has 1 unspecified atom stereocenters. The summed E-state index contributed by atoms with van der Waals surface area (Å²) in [7, 11) is 0. The number of H-pyrrole nitrogens is 1. The normalized spacial score (nSPS) is 25.2. The van der Waals surface area contributed by atoms with Crippen LogP contribution >= 0.6 is 0 Å². The van der Waals surface area contributed by atoms with E-state index < -0.39 is 40.5 Å². The van der Waals surface area contributed by atoms with E-state index in [1.165, 1.54) is 12.1 Å². The Balaban J connectivity index is 0.662. The number of carbonyl (C=O) groups excluding carboxylic acids is 5. The maximum atomic E-state index is 16.4. The molecule has 5 saturated heterocycles. The Hall–Kier alpha value is -6.07. The molecule has 15 nitrogen and oxygen atoms in total. The molecule has 392 valence electrons. The lowest BCUT2D eigenvalue weighted by Gasteiger charge is -2.55. The second kappa shape index (κ2) is 20.9. The van der Waals surface area contributed by atoms with Crippen LogP contribution in [-0.4, -0.2) is 154 Å². The number of piperidine rings is 1. The molecular weight excluding hydrogens is 947 g/mol. The molecule has 6 heterocycles. The van der Waals surface area contributed by atoms with Crippen molar-refractivity contribution >= 4 is 40.3 Å². The maximum absolute atomic E-state index is 16.4. The minimum absolute atomic E-state index is 0.0370. The van der Waals surface area contributed by atoms with E-state index in [2.05, 4.69) is 20.4 Å². The number of piperazine rings is 2. The van der Waals surface area contributed by atoms with E-state index in [0.29, 0.717) is 112 Å². The fourth-order valence-electron chi connectivity index (χ4n) is 13.1. The summed E-state index contributed by atoms with van der Waals surface area (Å²) in [6, 6.07) is 15.8. The molecule has 12 rings (SSSR count). The van der Waals surface area contributed by atoms with Crippen molar-refractivity contribution in [3.8, 4) is 0 Å². The molecule has 4 aromatic rings. The van der Waals surface area contributed by atoms with E-state index in [0.717, 1.165) is 70.6 Å². The van der Waals surface area contributed by atoms with Crippen LogP contribution in [0.3, 0.4) is 0 Å². The van der Waals surface area contributed by atoms with Crippen molar-refractivity contribution in [1.29, 1.82) is 0 Å². The van der Waals surface area contributed by atoms with E-state index in [-0.39, 0.29) is 65.3 Å². The first-order valence-corrected chi connectivity index (χ1v) is 27.2. The van der Waals surface area contributed by atoms with Crippen LogP contribution in [-0.2, 0) is 25.5 Å². The van der Waals surface area contributed by atoms with Crippen LogP contribution in [0.4, 0.5) is 8.78 Å². The van der Waals surface area contributed by atoms with Gasteiger partial charge in [-0.15, -0.1) is 0 Å². The Morgan fingerprint density at radius 1 is 0.730 bits per heavy atom. The second-order valence-electron chi connectivity index (χ2n) is 22.4. The molecule has 8 fully saturated rings. The molecule has 5 aliphatic heterocycles. The monoisotopic (exact) mass is 1010 g/mol. The maximum Gasteiger partial charge on any atom is 0.272 e. The van der Waals surface area contributed by atoms with E-state index in [9.17, 15) is 28.8 Å². The van der Waals surface area contributed by atoms with Gasteiger partial charge in [-0.1, -0.05) is 55.7 Å². The van der Waals surface area contributed by atoms with Crippen molar-refractivity contribution in [3.63, 3.8) is 0 Å². The predicted octanol–water partition coefficient (Wildman–Crippen LogP) is 6.05. The number of hydrogen-bond acceptors (Lipinski definition) is 9. The number of fused-ring (bicyclic) bond motifs is 4. The highest BCUT2D eigenvalue weighted by molar-refractivity contribution is 5.98. The summed E-state index contributed by atoms with van der Waals surface area (Å²) in [6.45, 7) is 5.68. The first-order chi connectivity index (χ1) is 35.9. The Kier molecular flexibility index (Phi) is 14.2. The van der Waals surface area contributed by atoms with Gasteiger partial charge >= 0.3 is 0 Å². The topological polar surface area (TPSA) is 169 Å². The lowest BCUT2D eigenvalue weighted by molar-refractivity contribution is -0.203. The third-order valence-corrected chi connectivity index (χ3v) is 17.7.